The molecule has 19 heavy (non-hydrogen) atoms. The number of carbonyl (C=O) groups is 1. The molecule has 1 aromatic rings. The zero-order chi connectivity index (χ0) is 14.3. The summed E-state index contributed by atoms with van der Waals surface area (Å²) in [4.78, 5) is 14.0. The lowest BCUT2D eigenvalue weighted by molar-refractivity contribution is -0.116. The summed E-state index contributed by atoms with van der Waals surface area (Å²) in [5.41, 5.74) is 7.09. The lowest BCUT2D eigenvalue weighted by atomic mass is 10.1. The van der Waals surface area contributed by atoms with Crippen LogP contribution in [0.1, 0.15) is 26.7 Å². The van der Waals surface area contributed by atoms with Crippen LogP contribution in [0, 0.1) is 5.92 Å². The Morgan fingerprint density at radius 2 is 2.00 bits per heavy atom. The standard InChI is InChI=1S/C15H25N3O/c1-4-12(2)11-18(3)10-9-15(19)17-14-7-5-13(16)6-8-14/h5-8,12H,4,9-11,16H2,1-3H3,(H,17,19). The summed E-state index contributed by atoms with van der Waals surface area (Å²) in [6.07, 6.45) is 1.68. The van der Waals surface area contributed by atoms with E-state index in [9.17, 15) is 4.79 Å². The minimum absolute atomic E-state index is 0.0424. The molecule has 0 bridgehead atoms. The maximum atomic E-state index is 11.8. The zero-order valence-corrected chi connectivity index (χ0v) is 12.1. The van der Waals surface area contributed by atoms with Crippen molar-refractivity contribution in [2.75, 3.05) is 31.2 Å². The van der Waals surface area contributed by atoms with Gasteiger partial charge in [-0.3, -0.25) is 4.79 Å². The van der Waals surface area contributed by atoms with Gasteiger partial charge in [0.15, 0.2) is 0 Å². The van der Waals surface area contributed by atoms with E-state index in [-0.39, 0.29) is 5.91 Å². The Morgan fingerprint density at radius 1 is 1.37 bits per heavy atom. The third kappa shape index (κ3) is 6.25. The van der Waals surface area contributed by atoms with Gasteiger partial charge in [-0.15, -0.1) is 0 Å². The monoisotopic (exact) mass is 263 g/mol. The van der Waals surface area contributed by atoms with Crippen LogP contribution in [0.5, 0.6) is 0 Å². The van der Waals surface area contributed by atoms with E-state index in [0.29, 0.717) is 18.0 Å². The van der Waals surface area contributed by atoms with E-state index in [1.54, 1.807) is 12.1 Å². The third-order valence-electron chi connectivity index (χ3n) is 3.24. The fraction of sp³-hybridized carbons (Fsp3) is 0.533. The van der Waals surface area contributed by atoms with Crippen molar-refractivity contribution in [3.05, 3.63) is 24.3 Å². The van der Waals surface area contributed by atoms with Gasteiger partial charge in [-0.25, -0.2) is 0 Å². The Morgan fingerprint density at radius 3 is 2.58 bits per heavy atom. The molecule has 0 aliphatic carbocycles. The number of nitrogens with zero attached hydrogens (tertiary/aromatic N) is 1. The number of amides is 1. The van der Waals surface area contributed by atoms with E-state index in [4.69, 9.17) is 5.73 Å². The van der Waals surface area contributed by atoms with Gasteiger partial charge >= 0.3 is 0 Å². The van der Waals surface area contributed by atoms with Crippen molar-refractivity contribution in [3.63, 3.8) is 0 Å². The number of anilines is 2. The Labute approximate surface area is 116 Å². The van der Waals surface area contributed by atoms with E-state index in [1.165, 1.54) is 6.42 Å². The van der Waals surface area contributed by atoms with Crippen LogP contribution < -0.4 is 11.1 Å². The van der Waals surface area contributed by atoms with E-state index >= 15 is 0 Å². The lowest BCUT2D eigenvalue weighted by Gasteiger charge is -2.20. The fourth-order valence-corrected chi connectivity index (χ4v) is 1.83. The van der Waals surface area contributed by atoms with Crippen molar-refractivity contribution >= 4 is 17.3 Å². The summed E-state index contributed by atoms with van der Waals surface area (Å²) in [6.45, 7) is 6.23. The summed E-state index contributed by atoms with van der Waals surface area (Å²) in [6, 6.07) is 7.20. The maximum absolute atomic E-state index is 11.8. The maximum Gasteiger partial charge on any atom is 0.225 e. The van der Waals surface area contributed by atoms with Crippen molar-refractivity contribution < 1.29 is 4.79 Å². The van der Waals surface area contributed by atoms with Gasteiger partial charge in [-0.1, -0.05) is 20.3 Å². The van der Waals surface area contributed by atoms with Crippen LogP contribution in [-0.2, 0) is 4.79 Å². The molecule has 4 heteroatoms. The molecule has 0 radical (unpaired) electrons. The van der Waals surface area contributed by atoms with Gasteiger partial charge in [0.25, 0.3) is 0 Å². The molecule has 1 atom stereocenters. The van der Waals surface area contributed by atoms with Crippen molar-refractivity contribution in [1.82, 2.24) is 4.90 Å². The molecule has 0 aliphatic rings. The first-order valence-electron chi connectivity index (χ1n) is 6.85. The number of benzene rings is 1. The van der Waals surface area contributed by atoms with Gasteiger partial charge in [0, 0.05) is 30.9 Å². The summed E-state index contributed by atoms with van der Waals surface area (Å²) < 4.78 is 0. The molecule has 0 saturated heterocycles. The fourth-order valence-electron chi connectivity index (χ4n) is 1.83. The van der Waals surface area contributed by atoms with E-state index in [2.05, 4.69) is 31.1 Å². The molecule has 0 saturated carbocycles. The predicted octanol–water partition coefficient (Wildman–Crippen LogP) is 2.58. The van der Waals surface area contributed by atoms with Gasteiger partial charge in [0.1, 0.15) is 0 Å². The first-order chi connectivity index (χ1) is 9.01. The molecule has 1 unspecified atom stereocenters. The van der Waals surface area contributed by atoms with Gasteiger partial charge in [-0.2, -0.15) is 0 Å². The second kappa shape index (κ2) is 7.79. The van der Waals surface area contributed by atoms with Crippen molar-refractivity contribution in [2.24, 2.45) is 5.92 Å². The smallest absolute Gasteiger partial charge is 0.225 e. The molecule has 0 heterocycles. The van der Waals surface area contributed by atoms with Crippen molar-refractivity contribution in [2.45, 2.75) is 26.7 Å². The minimum Gasteiger partial charge on any atom is -0.399 e. The molecule has 4 nitrogen and oxygen atoms in total. The van der Waals surface area contributed by atoms with Crippen LogP contribution in [0.4, 0.5) is 11.4 Å². The molecule has 3 N–H and O–H groups in total. The molecule has 1 amide bonds. The Hall–Kier alpha value is -1.55. The first kappa shape index (κ1) is 15.5. The Bertz CT molecular complexity index is 389. The molecule has 106 valence electrons. The first-order valence-corrected chi connectivity index (χ1v) is 6.85. The molecule has 0 spiro atoms. The Kier molecular flexibility index (Phi) is 6.36. The van der Waals surface area contributed by atoms with Crippen molar-refractivity contribution in [3.8, 4) is 0 Å². The van der Waals surface area contributed by atoms with Gasteiger partial charge in [0.2, 0.25) is 5.91 Å². The number of hydrogen-bond donors (Lipinski definition) is 2. The third-order valence-corrected chi connectivity index (χ3v) is 3.24. The zero-order valence-electron chi connectivity index (χ0n) is 12.1. The number of rotatable bonds is 7. The van der Waals surface area contributed by atoms with E-state index in [0.717, 1.165) is 18.8 Å². The van der Waals surface area contributed by atoms with Crippen LogP contribution in [-0.4, -0.2) is 30.9 Å². The summed E-state index contributed by atoms with van der Waals surface area (Å²) in [7, 11) is 2.06. The summed E-state index contributed by atoms with van der Waals surface area (Å²) in [5, 5.41) is 2.87. The molecule has 1 rings (SSSR count). The second-order valence-corrected chi connectivity index (χ2v) is 5.20. The SMILES string of the molecule is CCC(C)CN(C)CCC(=O)Nc1ccc(N)cc1. The number of hydrogen-bond acceptors (Lipinski definition) is 3. The van der Waals surface area contributed by atoms with Crippen LogP contribution in [0.25, 0.3) is 0 Å². The second-order valence-electron chi connectivity index (χ2n) is 5.20. The quantitative estimate of drug-likeness (QED) is 0.743. The highest BCUT2D eigenvalue weighted by molar-refractivity contribution is 5.90. The number of carbonyl (C=O) groups excluding carboxylic acids is 1. The van der Waals surface area contributed by atoms with Gasteiger partial charge < -0.3 is 16.0 Å². The molecule has 0 aliphatic heterocycles. The summed E-state index contributed by atoms with van der Waals surface area (Å²) in [5.74, 6) is 0.714. The highest BCUT2D eigenvalue weighted by Gasteiger charge is 2.07. The number of nitrogen functional groups attached to an aromatic ring is 1. The van der Waals surface area contributed by atoms with Crippen molar-refractivity contribution in [1.29, 1.82) is 0 Å². The average molecular weight is 263 g/mol. The van der Waals surface area contributed by atoms with Crippen LogP contribution in [0.2, 0.25) is 0 Å². The number of nitrogens with one attached hydrogen (secondary N) is 1. The highest BCUT2D eigenvalue weighted by atomic mass is 16.1. The van der Waals surface area contributed by atoms with Gasteiger partial charge in [-0.05, 0) is 37.2 Å². The Balaban J connectivity index is 2.29. The molecule has 0 aromatic heterocycles. The van der Waals surface area contributed by atoms with Crippen LogP contribution >= 0.6 is 0 Å². The lowest BCUT2D eigenvalue weighted by Crippen LogP contribution is -2.28. The molecule has 1 aromatic carbocycles. The van der Waals surface area contributed by atoms with Crippen LogP contribution in [0.3, 0.4) is 0 Å². The van der Waals surface area contributed by atoms with Gasteiger partial charge in [0.05, 0.1) is 0 Å². The number of nitrogens with two attached hydrogens (primary N) is 1. The molecular weight excluding hydrogens is 238 g/mol. The predicted molar refractivity (Wildman–Crippen MR) is 81.1 cm³/mol. The minimum atomic E-state index is 0.0424. The average Bonchev–Trinajstić information content (AvgIpc) is 2.39. The van der Waals surface area contributed by atoms with E-state index in [1.807, 2.05) is 12.1 Å². The van der Waals surface area contributed by atoms with Crippen LogP contribution in [0.15, 0.2) is 24.3 Å². The normalized spacial score (nSPS) is 12.4. The highest BCUT2D eigenvalue weighted by Crippen LogP contribution is 2.11. The summed E-state index contributed by atoms with van der Waals surface area (Å²) >= 11 is 0. The largest absolute Gasteiger partial charge is 0.399 e. The molecule has 0 fully saturated rings. The molecular formula is C15H25N3O. The van der Waals surface area contributed by atoms with E-state index < -0.39 is 0 Å². The topological polar surface area (TPSA) is 58.4 Å².